The molecule has 3 aromatic rings. The average Bonchev–Trinajstić information content (AvgIpc) is 3.15. The van der Waals surface area contributed by atoms with Gasteiger partial charge in [0.25, 0.3) is 5.91 Å². The summed E-state index contributed by atoms with van der Waals surface area (Å²) in [6.07, 6.45) is 0. The van der Waals surface area contributed by atoms with Gasteiger partial charge < -0.3 is 11.1 Å². The van der Waals surface area contributed by atoms with Gasteiger partial charge in [0.1, 0.15) is 10.7 Å². The number of sulfonamides is 1. The van der Waals surface area contributed by atoms with Gasteiger partial charge in [0.2, 0.25) is 15.9 Å². The van der Waals surface area contributed by atoms with Crippen LogP contribution in [-0.2, 0) is 14.8 Å². The third-order valence-corrected chi connectivity index (χ3v) is 8.08. The molecule has 0 aliphatic rings. The molecule has 11 heteroatoms. The standard InChI is InChI=1S/C20H20N4O4S3/c1-24(2)31(27,28)15-10-8-14(9-11-15)18(26)23-19-17(13-6-4-3-5-7-13)22-20(30-19)29-12-16(21)25/h3-11H,12H2,1-2H3,(H2,21,25)(H,23,26). The van der Waals surface area contributed by atoms with Crippen LogP contribution in [0.3, 0.4) is 0 Å². The number of nitrogens with one attached hydrogen (secondary N) is 1. The minimum Gasteiger partial charge on any atom is -0.369 e. The number of benzene rings is 2. The molecular weight excluding hydrogens is 456 g/mol. The number of amides is 2. The number of hydrogen-bond donors (Lipinski definition) is 2. The van der Waals surface area contributed by atoms with Crippen LogP contribution >= 0.6 is 23.1 Å². The lowest BCUT2D eigenvalue weighted by molar-refractivity contribution is -0.115. The number of thioether (sulfide) groups is 1. The van der Waals surface area contributed by atoms with Crippen molar-refractivity contribution >= 4 is 49.9 Å². The predicted octanol–water partition coefficient (Wildman–Crippen LogP) is 2.89. The molecule has 2 amide bonds. The lowest BCUT2D eigenvalue weighted by Crippen LogP contribution is -2.22. The summed E-state index contributed by atoms with van der Waals surface area (Å²) < 4.78 is 26.1. The Morgan fingerprint density at radius 3 is 2.32 bits per heavy atom. The smallest absolute Gasteiger partial charge is 0.256 e. The molecule has 3 N–H and O–H groups in total. The molecule has 8 nitrogen and oxygen atoms in total. The first-order chi connectivity index (χ1) is 14.7. The van der Waals surface area contributed by atoms with Crippen LogP contribution in [0.15, 0.2) is 63.8 Å². The van der Waals surface area contributed by atoms with Crippen molar-refractivity contribution in [2.45, 2.75) is 9.24 Å². The number of primary amides is 1. The third kappa shape index (κ3) is 5.50. The van der Waals surface area contributed by atoms with E-state index in [-0.39, 0.29) is 10.6 Å². The van der Waals surface area contributed by atoms with E-state index in [0.717, 1.165) is 9.87 Å². The second-order valence-corrected chi connectivity index (χ2v) is 10.9. The van der Waals surface area contributed by atoms with Gasteiger partial charge >= 0.3 is 0 Å². The molecule has 0 bridgehead atoms. The van der Waals surface area contributed by atoms with Gasteiger partial charge in [-0.2, -0.15) is 0 Å². The first-order valence-corrected chi connectivity index (χ1v) is 12.2. The molecule has 1 heterocycles. The second-order valence-electron chi connectivity index (χ2n) is 6.54. The number of anilines is 1. The van der Waals surface area contributed by atoms with Gasteiger partial charge in [-0.3, -0.25) is 9.59 Å². The van der Waals surface area contributed by atoms with E-state index in [2.05, 4.69) is 10.3 Å². The van der Waals surface area contributed by atoms with Crippen LogP contribution in [0.4, 0.5) is 5.00 Å². The SMILES string of the molecule is CN(C)S(=O)(=O)c1ccc(C(=O)Nc2sc(SCC(N)=O)nc2-c2ccccc2)cc1. The third-order valence-electron chi connectivity index (χ3n) is 4.11. The summed E-state index contributed by atoms with van der Waals surface area (Å²) in [5, 5.41) is 3.36. The fourth-order valence-electron chi connectivity index (χ4n) is 2.54. The molecule has 0 spiro atoms. The quantitative estimate of drug-likeness (QED) is 0.482. The first kappa shape index (κ1) is 22.9. The Labute approximate surface area is 188 Å². The molecule has 0 radical (unpaired) electrons. The normalized spacial score (nSPS) is 11.5. The molecule has 0 atom stereocenters. The maximum absolute atomic E-state index is 12.8. The van der Waals surface area contributed by atoms with E-state index in [1.807, 2.05) is 30.3 Å². The van der Waals surface area contributed by atoms with Crippen molar-refractivity contribution in [3.63, 3.8) is 0 Å². The van der Waals surface area contributed by atoms with Gasteiger partial charge in [-0.1, -0.05) is 53.4 Å². The zero-order chi connectivity index (χ0) is 22.6. The highest BCUT2D eigenvalue weighted by Gasteiger charge is 2.20. The van der Waals surface area contributed by atoms with Crippen LogP contribution in [0, 0.1) is 0 Å². The Morgan fingerprint density at radius 1 is 1.10 bits per heavy atom. The Kier molecular flexibility index (Phi) is 7.11. The molecule has 2 aromatic carbocycles. The van der Waals surface area contributed by atoms with Crippen LogP contribution in [0.5, 0.6) is 0 Å². The summed E-state index contributed by atoms with van der Waals surface area (Å²) in [6.45, 7) is 0. The van der Waals surface area contributed by atoms with Crippen molar-refractivity contribution in [3.8, 4) is 11.3 Å². The Balaban J connectivity index is 1.87. The lowest BCUT2D eigenvalue weighted by Gasteiger charge is -2.11. The highest BCUT2D eigenvalue weighted by molar-refractivity contribution is 8.01. The van der Waals surface area contributed by atoms with Gasteiger partial charge in [0.05, 0.1) is 10.6 Å². The highest BCUT2D eigenvalue weighted by Crippen LogP contribution is 2.37. The lowest BCUT2D eigenvalue weighted by atomic mass is 10.1. The van der Waals surface area contributed by atoms with Gasteiger partial charge in [-0.15, -0.1) is 0 Å². The largest absolute Gasteiger partial charge is 0.369 e. The minimum atomic E-state index is -3.58. The van der Waals surface area contributed by atoms with E-state index in [9.17, 15) is 18.0 Å². The van der Waals surface area contributed by atoms with E-state index in [1.165, 1.54) is 61.5 Å². The number of nitrogens with zero attached hydrogens (tertiary/aromatic N) is 2. The molecule has 0 fully saturated rings. The van der Waals surface area contributed by atoms with Crippen molar-refractivity contribution in [3.05, 3.63) is 60.2 Å². The van der Waals surface area contributed by atoms with Gasteiger partial charge in [-0.25, -0.2) is 17.7 Å². The molecule has 0 saturated heterocycles. The molecule has 31 heavy (non-hydrogen) atoms. The molecule has 162 valence electrons. The molecular formula is C20H20N4O4S3. The van der Waals surface area contributed by atoms with Crippen molar-refractivity contribution in [1.29, 1.82) is 0 Å². The van der Waals surface area contributed by atoms with E-state index >= 15 is 0 Å². The van der Waals surface area contributed by atoms with Gasteiger partial charge in [0, 0.05) is 25.2 Å². The van der Waals surface area contributed by atoms with E-state index in [0.29, 0.717) is 20.6 Å². The number of thiazole rings is 1. The summed E-state index contributed by atoms with van der Waals surface area (Å²) in [7, 11) is -0.692. The van der Waals surface area contributed by atoms with E-state index in [1.54, 1.807) is 0 Å². The van der Waals surface area contributed by atoms with Crippen LogP contribution in [0.25, 0.3) is 11.3 Å². The fraction of sp³-hybridized carbons (Fsp3) is 0.150. The number of rotatable bonds is 8. The monoisotopic (exact) mass is 476 g/mol. The zero-order valence-corrected chi connectivity index (χ0v) is 19.2. The maximum Gasteiger partial charge on any atom is 0.256 e. The Hall–Kier alpha value is -2.73. The summed E-state index contributed by atoms with van der Waals surface area (Å²) in [5.74, 6) is -0.780. The average molecular weight is 477 g/mol. The van der Waals surface area contributed by atoms with Crippen LogP contribution in [0.1, 0.15) is 10.4 Å². The van der Waals surface area contributed by atoms with Crippen LogP contribution < -0.4 is 11.1 Å². The summed E-state index contributed by atoms with van der Waals surface area (Å²) >= 11 is 2.44. The van der Waals surface area contributed by atoms with Gasteiger partial charge in [-0.05, 0) is 24.3 Å². The first-order valence-electron chi connectivity index (χ1n) is 9.00. The maximum atomic E-state index is 12.8. The van der Waals surface area contributed by atoms with Crippen molar-refractivity contribution in [2.24, 2.45) is 5.73 Å². The predicted molar refractivity (Wildman–Crippen MR) is 123 cm³/mol. The minimum absolute atomic E-state index is 0.0803. The second kappa shape index (κ2) is 9.60. The van der Waals surface area contributed by atoms with Crippen molar-refractivity contribution < 1.29 is 18.0 Å². The molecule has 0 aliphatic carbocycles. The molecule has 1 aromatic heterocycles. The topological polar surface area (TPSA) is 122 Å². The van der Waals surface area contributed by atoms with Crippen LogP contribution in [-0.4, -0.2) is 49.4 Å². The fourth-order valence-corrected chi connectivity index (χ4v) is 5.24. The summed E-state index contributed by atoms with van der Waals surface area (Å²) in [4.78, 5) is 28.5. The van der Waals surface area contributed by atoms with E-state index < -0.39 is 21.8 Å². The molecule has 0 aliphatic heterocycles. The Morgan fingerprint density at radius 2 is 1.74 bits per heavy atom. The van der Waals surface area contributed by atoms with Crippen molar-refractivity contribution in [1.82, 2.24) is 9.29 Å². The Bertz CT molecular complexity index is 1190. The van der Waals surface area contributed by atoms with Gasteiger partial charge in [0.15, 0.2) is 4.34 Å². The molecule has 0 unspecified atom stereocenters. The number of hydrogen-bond acceptors (Lipinski definition) is 7. The molecule has 3 rings (SSSR count). The molecule has 0 saturated carbocycles. The highest BCUT2D eigenvalue weighted by atomic mass is 32.2. The summed E-state index contributed by atoms with van der Waals surface area (Å²) in [6, 6.07) is 15.0. The number of aromatic nitrogens is 1. The van der Waals surface area contributed by atoms with Crippen LogP contribution in [0.2, 0.25) is 0 Å². The number of carbonyl (C=O) groups excluding carboxylic acids is 2. The number of nitrogens with two attached hydrogens (primary N) is 1. The zero-order valence-electron chi connectivity index (χ0n) is 16.7. The number of carbonyl (C=O) groups is 2. The van der Waals surface area contributed by atoms with Crippen molar-refractivity contribution in [2.75, 3.05) is 25.2 Å². The van der Waals surface area contributed by atoms with E-state index in [4.69, 9.17) is 5.73 Å². The summed E-state index contributed by atoms with van der Waals surface area (Å²) in [5.41, 5.74) is 6.91.